The zero-order valence-electron chi connectivity index (χ0n) is 17.0. The number of halogens is 3. The van der Waals surface area contributed by atoms with Gasteiger partial charge in [-0.2, -0.15) is 13.2 Å². The fraction of sp³-hybridized carbons (Fsp3) is 0.250. The van der Waals surface area contributed by atoms with Gasteiger partial charge in [0.1, 0.15) is 11.8 Å². The Morgan fingerprint density at radius 3 is 1.74 bits per heavy atom. The lowest BCUT2D eigenvalue weighted by Crippen LogP contribution is -2.34. The van der Waals surface area contributed by atoms with E-state index in [0.29, 0.717) is 5.75 Å². The van der Waals surface area contributed by atoms with Gasteiger partial charge in [0.15, 0.2) is 0 Å². The molecule has 1 atom stereocenters. The van der Waals surface area contributed by atoms with Gasteiger partial charge in [-0.15, -0.1) is 0 Å². The molecule has 0 radical (unpaired) electrons. The Kier molecular flexibility index (Phi) is 6.88. The molecule has 0 fully saturated rings. The van der Waals surface area contributed by atoms with Crippen LogP contribution >= 0.6 is 0 Å². The molecule has 0 saturated heterocycles. The van der Waals surface area contributed by atoms with Crippen LogP contribution in [-0.4, -0.2) is 19.3 Å². The molecule has 0 aliphatic rings. The monoisotopic (exact) mass is 425 g/mol. The summed E-state index contributed by atoms with van der Waals surface area (Å²) in [5.41, 5.74) is 10.3. The zero-order chi connectivity index (χ0) is 22.3. The molecule has 0 spiro atoms. The number of alkyl halides is 3. The highest BCUT2D eigenvalue weighted by molar-refractivity contribution is 5.51. The average molecular weight is 425 g/mol. The van der Waals surface area contributed by atoms with Gasteiger partial charge in [0.2, 0.25) is 0 Å². The fourth-order valence-corrected chi connectivity index (χ4v) is 3.96. The summed E-state index contributed by atoms with van der Waals surface area (Å²) < 4.78 is 45.8. The second-order valence-electron chi connectivity index (χ2n) is 7.17. The van der Waals surface area contributed by atoms with E-state index in [4.69, 9.17) is 10.3 Å². The van der Waals surface area contributed by atoms with E-state index in [2.05, 4.69) is 10.0 Å². The van der Waals surface area contributed by atoms with E-state index in [1.165, 1.54) is 0 Å². The first-order valence-electron chi connectivity index (χ1n) is 9.78. The lowest BCUT2D eigenvalue weighted by molar-refractivity contribution is -0.149. The molecule has 0 aliphatic heterocycles. The maximum absolute atomic E-state index is 13.5. The first-order valence-corrected chi connectivity index (χ1v) is 9.78. The van der Waals surface area contributed by atoms with Crippen molar-refractivity contribution in [3.63, 3.8) is 0 Å². The first kappa shape index (κ1) is 22.2. The zero-order valence-corrected chi connectivity index (χ0v) is 17.0. The van der Waals surface area contributed by atoms with Gasteiger partial charge in [0.25, 0.3) is 0 Å². The van der Waals surface area contributed by atoms with Gasteiger partial charge < -0.3 is 4.74 Å². The van der Waals surface area contributed by atoms with Gasteiger partial charge in [0.05, 0.1) is 7.11 Å². The molecule has 1 unspecified atom stereocenters. The van der Waals surface area contributed by atoms with Crippen molar-refractivity contribution in [2.24, 2.45) is 5.11 Å². The maximum Gasteiger partial charge on any atom is 0.397 e. The second-order valence-corrected chi connectivity index (χ2v) is 7.17. The quantitative estimate of drug-likeness (QED) is 0.165. The molecule has 3 rings (SSSR count). The third-order valence-corrected chi connectivity index (χ3v) is 5.48. The highest BCUT2D eigenvalue weighted by Crippen LogP contribution is 2.45. The summed E-state index contributed by atoms with van der Waals surface area (Å²) in [6.45, 7) is 0. The van der Waals surface area contributed by atoms with E-state index in [0.717, 1.165) is 16.7 Å². The van der Waals surface area contributed by atoms with Crippen LogP contribution in [0.3, 0.4) is 0 Å². The summed E-state index contributed by atoms with van der Waals surface area (Å²) in [5, 5.41) is 3.04. The van der Waals surface area contributed by atoms with E-state index >= 15 is 0 Å². The highest BCUT2D eigenvalue weighted by atomic mass is 19.4. The summed E-state index contributed by atoms with van der Waals surface area (Å²) >= 11 is 0. The number of ether oxygens (including phenoxy) is 1. The van der Waals surface area contributed by atoms with Gasteiger partial charge >= 0.3 is 6.18 Å². The summed E-state index contributed by atoms with van der Waals surface area (Å²) in [6, 6.07) is 24.1. The van der Waals surface area contributed by atoms with Gasteiger partial charge in [0, 0.05) is 10.3 Å². The van der Waals surface area contributed by atoms with Crippen molar-refractivity contribution in [2.45, 2.75) is 30.5 Å². The van der Waals surface area contributed by atoms with Crippen LogP contribution in [0.5, 0.6) is 5.75 Å². The lowest BCUT2D eigenvalue weighted by atomic mass is 9.66. The van der Waals surface area contributed by atoms with E-state index in [1.54, 1.807) is 19.2 Å². The van der Waals surface area contributed by atoms with Gasteiger partial charge in [-0.3, -0.25) is 0 Å². The molecular weight excluding hydrogens is 403 g/mol. The third-order valence-electron chi connectivity index (χ3n) is 5.48. The van der Waals surface area contributed by atoms with Crippen LogP contribution in [0.15, 0.2) is 90.0 Å². The largest absolute Gasteiger partial charge is 0.497 e. The predicted molar refractivity (Wildman–Crippen MR) is 114 cm³/mol. The molecule has 0 bridgehead atoms. The molecule has 0 N–H and O–H groups in total. The molecule has 0 saturated carbocycles. The minimum atomic E-state index is -4.62. The number of methoxy groups -OCH3 is 1. The molecule has 0 aromatic heterocycles. The van der Waals surface area contributed by atoms with Crippen LogP contribution in [0.1, 0.15) is 29.5 Å². The second kappa shape index (κ2) is 9.58. The fourth-order valence-electron chi connectivity index (χ4n) is 3.96. The van der Waals surface area contributed by atoms with E-state index < -0.39 is 17.6 Å². The molecule has 0 amide bonds. The molecule has 0 heterocycles. The Balaban J connectivity index is 2.20. The van der Waals surface area contributed by atoms with Crippen LogP contribution < -0.4 is 4.74 Å². The van der Waals surface area contributed by atoms with Gasteiger partial charge in [-0.25, -0.2) is 0 Å². The Labute approximate surface area is 178 Å². The maximum atomic E-state index is 13.5. The predicted octanol–water partition coefficient (Wildman–Crippen LogP) is 7.05. The van der Waals surface area contributed by atoms with Crippen LogP contribution in [0.25, 0.3) is 10.4 Å². The summed E-state index contributed by atoms with van der Waals surface area (Å²) in [7, 11) is 1.56. The Morgan fingerprint density at radius 1 is 0.839 bits per heavy atom. The minimum Gasteiger partial charge on any atom is -0.497 e. The molecule has 3 aromatic rings. The Bertz CT molecular complexity index is 976. The third kappa shape index (κ3) is 4.84. The Morgan fingerprint density at radius 2 is 1.32 bits per heavy atom. The van der Waals surface area contributed by atoms with Crippen molar-refractivity contribution in [1.29, 1.82) is 0 Å². The number of azide groups is 1. The number of benzene rings is 3. The number of rotatable bonds is 8. The summed E-state index contributed by atoms with van der Waals surface area (Å²) in [6.07, 6.45) is -4.88. The molecule has 7 heteroatoms. The van der Waals surface area contributed by atoms with Crippen LogP contribution in [0, 0.1) is 0 Å². The smallest absolute Gasteiger partial charge is 0.397 e. The van der Waals surface area contributed by atoms with Crippen LogP contribution in [0.4, 0.5) is 13.2 Å². The number of hydrogen-bond donors (Lipinski definition) is 0. The van der Waals surface area contributed by atoms with Crippen molar-refractivity contribution >= 4 is 0 Å². The van der Waals surface area contributed by atoms with E-state index in [9.17, 15) is 13.2 Å². The van der Waals surface area contributed by atoms with Gasteiger partial charge in [-0.05, 0) is 47.2 Å². The van der Waals surface area contributed by atoms with Crippen LogP contribution in [0.2, 0.25) is 0 Å². The number of hydrogen-bond acceptors (Lipinski definition) is 2. The normalized spacial score (nSPS) is 12.6. The average Bonchev–Trinajstić information content (AvgIpc) is 2.80. The van der Waals surface area contributed by atoms with Crippen molar-refractivity contribution in [1.82, 2.24) is 0 Å². The first-order chi connectivity index (χ1) is 14.9. The molecule has 0 aliphatic carbocycles. The van der Waals surface area contributed by atoms with E-state index in [-0.39, 0.29) is 12.8 Å². The van der Waals surface area contributed by atoms with Gasteiger partial charge in [-0.1, -0.05) is 77.9 Å². The molecule has 160 valence electrons. The van der Waals surface area contributed by atoms with E-state index in [1.807, 2.05) is 72.8 Å². The van der Waals surface area contributed by atoms with Crippen molar-refractivity contribution in [3.05, 3.63) is 112 Å². The molecule has 4 nitrogen and oxygen atoms in total. The van der Waals surface area contributed by atoms with Crippen molar-refractivity contribution < 1.29 is 17.9 Å². The summed E-state index contributed by atoms with van der Waals surface area (Å²) in [4.78, 5) is 2.43. The van der Waals surface area contributed by atoms with Crippen molar-refractivity contribution in [3.8, 4) is 5.75 Å². The topological polar surface area (TPSA) is 58.0 Å². The molecular formula is C24H22F3N3O. The lowest BCUT2D eigenvalue weighted by Gasteiger charge is -2.37. The summed E-state index contributed by atoms with van der Waals surface area (Å²) in [5.74, 6) is 0.654. The number of nitrogens with zero attached hydrogens (tertiary/aromatic N) is 3. The molecule has 3 aromatic carbocycles. The minimum absolute atomic E-state index is 0.0938. The standard InChI is InChI=1S/C24H22F3N3O/c1-31-21-14-12-20(13-15-21)23(18-8-4-2-5-9-18,19-10-6-3-7-11-19)17-16-22(29-30-28)24(25,26)27/h2-15,22H,16-17H2,1H3. The van der Waals surface area contributed by atoms with Crippen LogP contribution in [-0.2, 0) is 5.41 Å². The SMILES string of the molecule is COc1ccc(C(CCC(N=[N+]=[N-])C(F)(F)F)(c2ccccc2)c2ccccc2)cc1. The van der Waals surface area contributed by atoms with Crippen molar-refractivity contribution in [2.75, 3.05) is 7.11 Å². The molecule has 31 heavy (non-hydrogen) atoms. The Hall–Kier alpha value is -3.44. The highest BCUT2D eigenvalue weighted by Gasteiger charge is 2.43.